The summed E-state index contributed by atoms with van der Waals surface area (Å²) in [5.41, 5.74) is 0. The van der Waals surface area contributed by atoms with Crippen LogP contribution in [0.2, 0.25) is 0 Å². The fourth-order valence-electron chi connectivity index (χ4n) is 0.729. The number of unbranched alkanes of at least 4 members (excludes halogenated alkanes) is 3. The maximum atomic E-state index is 3.89. The first-order valence-electron chi connectivity index (χ1n) is 3.73. The quantitative estimate of drug-likeness (QED) is 0.412. The monoisotopic (exact) mass is 140 g/mol. The van der Waals surface area contributed by atoms with Crippen molar-refractivity contribution in [1.82, 2.24) is 0 Å². The minimum absolute atomic E-state index is 1.11. The van der Waals surface area contributed by atoms with E-state index in [2.05, 4.69) is 9.98 Å². The van der Waals surface area contributed by atoms with Crippen molar-refractivity contribution in [3.05, 3.63) is 0 Å². The van der Waals surface area contributed by atoms with E-state index in [1.807, 2.05) is 26.5 Å². The predicted molar refractivity (Wildman–Crippen MR) is 47.3 cm³/mol. The van der Waals surface area contributed by atoms with Crippen molar-refractivity contribution < 1.29 is 0 Å². The lowest BCUT2D eigenvalue weighted by molar-refractivity contribution is 0.805. The average Bonchev–Trinajstić information content (AvgIpc) is 1.97. The molecule has 0 amide bonds. The maximum Gasteiger partial charge on any atom is 0.0273 e. The van der Waals surface area contributed by atoms with Crippen LogP contribution < -0.4 is 0 Å². The van der Waals surface area contributed by atoms with Crippen LogP contribution >= 0.6 is 0 Å². The van der Waals surface area contributed by atoms with E-state index in [-0.39, 0.29) is 0 Å². The minimum Gasteiger partial charge on any atom is -0.301 e. The number of hydrogen-bond acceptors (Lipinski definition) is 2. The van der Waals surface area contributed by atoms with Gasteiger partial charge in [0, 0.05) is 14.1 Å². The second-order valence-electron chi connectivity index (χ2n) is 2.17. The lowest BCUT2D eigenvalue weighted by Gasteiger charge is -1.90. The molecule has 0 N–H and O–H groups in total. The summed E-state index contributed by atoms with van der Waals surface area (Å²) in [4.78, 5) is 7.79. The van der Waals surface area contributed by atoms with Gasteiger partial charge in [0.2, 0.25) is 0 Å². The van der Waals surface area contributed by atoms with Gasteiger partial charge in [0.05, 0.1) is 0 Å². The molecule has 0 bridgehead atoms. The highest BCUT2D eigenvalue weighted by atomic mass is 14.6. The molecule has 0 rings (SSSR count). The zero-order valence-electron chi connectivity index (χ0n) is 6.88. The molecule has 0 fully saturated rings. The van der Waals surface area contributed by atoms with Crippen molar-refractivity contribution in [2.75, 3.05) is 14.1 Å². The van der Waals surface area contributed by atoms with Gasteiger partial charge in [-0.1, -0.05) is 0 Å². The Kier molecular flexibility index (Phi) is 7.79. The van der Waals surface area contributed by atoms with Crippen molar-refractivity contribution >= 4 is 12.4 Å². The first-order valence-corrected chi connectivity index (χ1v) is 3.73. The molecular weight excluding hydrogens is 124 g/mol. The minimum atomic E-state index is 1.11. The van der Waals surface area contributed by atoms with Gasteiger partial charge in [0.1, 0.15) is 0 Å². The van der Waals surface area contributed by atoms with Gasteiger partial charge in [0.15, 0.2) is 0 Å². The standard InChI is InChI=1S/C8H16N2/c1-9-7-5-3-4-6-8-10-2/h7-8H,3-6H2,1-2H3. The highest BCUT2D eigenvalue weighted by Crippen LogP contribution is 1.95. The van der Waals surface area contributed by atoms with Crippen molar-refractivity contribution in [2.45, 2.75) is 25.7 Å². The third kappa shape index (κ3) is 7.34. The van der Waals surface area contributed by atoms with Crippen LogP contribution in [-0.2, 0) is 0 Å². The first kappa shape index (κ1) is 9.34. The van der Waals surface area contributed by atoms with Gasteiger partial charge in [-0.05, 0) is 38.1 Å². The highest BCUT2D eigenvalue weighted by molar-refractivity contribution is 5.58. The molecule has 0 aromatic rings. The Balaban J connectivity index is 2.90. The molecule has 58 valence electrons. The van der Waals surface area contributed by atoms with E-state index in [9.17, 15) is 0 Å². The van der Waals surface area contributed by atoms with Gasteiger partial charge in [-0.3, -0.25) is 0 Å². The molecule has 10 heavy (non-hydrogen) atoms. The molecule has 0 aliphatic carbocycles. The summed E-state index contributed by atoms with van der Waals surface area (Å²) in [5, 5.41) is 0. The lowest BCUT2D eigenvalue weighted by atomic mass is 10.2. The summed E-state index contributed by atoms with van der Waals surface area (Å²) < 4.78 is 0. The fraction of sp³-hybridized carbons (Fsp3) is 0.750. The van der Waals surface area contributed by atoms with Crippen molar-refractivity contribution in [3.63, 3.8) is 0 Å². The summed E-state index contributed by atoms with van der Waals surface area (Å²) in [6.45, 7) is 0. The number of aliphatic imine (C=N–C) groups is 2. The van der Waals surface area contributed by atoms with Crippen LogP contribution in [0.4, 0.5) is 0 Å². The summed E-state index contributed by atoms with van der Waals surface area (Å²) in [7, 11) is 3.63. The molecule has 2 nitrogen and oxygen atoms in total. The fourth-order valence-corrected chi connectivity index (χ4v) is 0.729. The van der Waals surface area contributed by atoms with Crippen molar-refractivity contribution in [1.29, 1.82) is 0 Å². The van der Waals surface area contributed by atoms with E-state index in [0.717, 1.165) is 12.8 Å². The Labute approximate surface area is 63.1 Å². The second-order valence-corrected chi connectivity index (χ2v) is 2.17. The third-order valence-corrected chi connectivity index (χ3v) is 1.28. The molecular formula is C8H16N2. The number of hydrogen-bond donors (Lipinski definition) is 0. The largest absolute Gasteiger partial charge is 0.301 e. The maximum absolute atomic E-state index is 3.89. The molecule has 0 heterocycles. The molecule has 0 saturated heterocycles. The van der Waals surface area contributed by atoms with E-state index in [0.29, 0.717) is 0 Å². The molecule has 0 aromatic heterocycles. The summed E-state index contributed by atoms with van der Waals surface area (Å²) in [5.74, 6) is 0. The zero-order chi connectivity index (χ0) is 7.66. The van der Waals surface area contributed by atoms with Crippen molar-refractivity contribution in [3.8, 4) is 0 Å². The average molecular weight is 140 g/mol. The van der Waals surface area contributed by atoms with E-state index in [1.165, 1.54) is 12.8 Å². The molecule has 0 radical (unpaired) electrons. The smallest absolute Gasteiger partial charge is 0.0273 e. The van der Waals surface area contributed by atoms with Crippen LogP contribution in [0.15, 0.2) is 9.98 Å². The third-order valence-electron chi connectivity index (χ3n) is 1.28. The van der Waals surface area contributed by atoms with Gasteiger partial charge in [-0.15, -0.1) is 0 Å². The van der Waals surface area contributed by atoms with Crippen LogP contribution in [0, 0.1) is 0 Å². The Hall–Kier alpha value is -0.660. The SMILES string of the molecule is CN=CCCCCC=NC. The normalized spacial score (nSPS) is 11.8. The molecule has 2 heteroatoms. The molecule has 0 unspecified atom stereocenters. The summed E-state index contributed by atoms with van der Waals surface area (Å²) in [6.07, 6.45) is 8.58. The van der Waals surface area contributed by atoms with Crippen LogP contribution in [-0.4, -0.2) is 26.5 Å². The van der Waals surface area contributed by atoms with E-state index >= 15 is 0 Å². The molecule has 0 atom stereocenters. The van der Waals surface area contributed by atoms with Gasteiger partial charge < -0.3 is 9.98 Å². The van der Waals surface area contributed by atoms with Gasteiger partial charge >= 0.3 is 0 Å². The van der Waals surface area contributed by atoms with Crippen molar-refractivity contribution in [2.24, 2.45) is 9.98 Å². The van der Waals surface area contributed by atoms with Gasteiger partial charge in [0.25, 0.3) is 0 Å². The zero-order valence-corrected chi connectivity index (χ0v) is 6.88. The Morgan fingerprint density at radius 1 is 0.900 bits per heavy atom. The Bertz CT molecular complexity index is 91.8. The van der Waals surface area contributed by atoms with Crippen LogP contribution in [0.3, 0.4) is 0 Å². The first-order chi connectivity index (χ1) is 4.91. The summed E-state index contributed by atoms with van der Waals surface area (Å²) >= 11 is 0. The molecule has 0 spiro atoms. The van der Waals surface area contributed by atoms with E-state index in [4.69, 9.17) is 0 Å². The highest BCUT2D eigenvalue weighted by Gasteiger charge is 1.82. The molecule has 0 saturated carbocycles. The number of nitrogens with zero attached hydrogens (tertiary/aromatic N) is 2. The Morgan fingerprint density at radius 3 is 1.60 bits per heavy atom. The van der Waals surface area contributed by atoms with E-state index in [1.54, 1.807) is 0 Å². The molecule has 0 aromatic carbocycles. The van der Waals surface area contributed by atoms with E-state index < -0.39 is 0 Å². The summed E-state index contributed by atoms with van der Waals surface area (Å²) in [6, 6.07) is 0. The Morgan fingerprint density at radius 2 is 1.30 bits per heavy atom. The van der Waals surface area contributed by atoms with Crippen LogP contribution in [0.1, 0.15) is 25.7 Å². The molecule has 0 aliphatic heterocycles. The van der Waals surface area contributed by atoms with Crippen LogP contribution in [0.25, 0.3) is 0 Å². The topological polar surface area (TPSA) is 24.7 Å². The predicted octanol–water partition coefficient (Wildman–Crippen LogP) is 1.95. The van der Waals surface area contributed by atoms with Gasteiger partial charge in [-0.2, -0.15) is 0 Å². The lowest BCUT2D eigenvalue weighted by Crippen LogP contribution is -1.79. The second kappa shape index (κ2) is 8.34. The van der Waals surface area contributed by atoms with Gasteiger partial charge in [-0.25, -0.2) is 0 Å². The molecule has 0 aliphatic rings. The number of rotatable bonds is 5. The van der Waals surface area contributed by atoms with Crippen LogP contribution in [0.5, 0.6) is 0 Å².